The number of carbonyl (C=O) groups excluding carboxylic acids is 1. The largest absolute Gasteiger partial charge is 0.416 e. The number of likely N-dealkylation sites (N-methyl/N-ethyl adjacent to an activating group) is 1. The Labute approximate surface area is 293 Å². The summed E-state index contributed by atoms with van der Waals surface area (Å²) < 4.78 is 21.2. The number of benzene rings is 1. The van der Waals surface area contributed by atoms with Crippen LogP contribution in [0.25, 0.3) is 11.3 Å². The number of carbonyl (C=O) groups is 1. The molecule has 1 saturated heterocycles. The summed E-state index contributed by atoms with van der Waals surface area (Å²) in [5, 5.41) is 16.5. The van der Waals surface area contributed by atoms with Crippen molar-refractivity contribution in [2.75, 3.05) is 62.8 Å². The zero-order valence-corrected chi connectivity index (χ0v) is 31.4. The Morgan fingerprint density at radius 2 is 1.81 bits per heavy atom. The van der Waals surface area contributed by atoms with E-state index < -0.39 is 14.1 Å². The summed E-state index contributed by atoms with van der Waals surface area (Å²) >= 11 is 7.72. The summed E-state index contributed by atoms with van der Waals surface area (Å²) in [7, 11) is 0.282. The number of pyridine rings is 1. The number of hydrogen-bond acceptors (Lipinski definition) is 9. The van der Waals surface area contributed by atoms with Gasteiger partial charge in [0.2, 0.25) is 5.91 Å². The molecule has 1 amide bonds. The molecule has 0 unspecified atom stereocenters. The summed E-state index contributed by atoms with van der Waals surface area (Å²) in [6, 6.07) is 9.80. The van der Waals surface area contributed by atoms with Gasteiger partial charge in [0.1, 0.15) is 16.7 Å². The third-order valence-electron chi connectivity index (χ3n) is 10.6. The van der Waals surface area contributed by atoms with Gasteiger partial charge in [-0.1, -0.05) is 32.4 Å². The highest BCUT2D eigenvalue weighted by Crippen LogP contribution is 2.73. The quantitative estimate of drug-likeness (QED) is 0.112. The third kappa shape index (κ3) is 7.58. The van der Waals surface area contributed by atoms with E-state index in [4.69, 9.17) is 16.0 Å². The molecule has 3 aliphatic carbocycles. The lowest BCUT2D eigenvalue weighted by atomic mass is 9.34. The zero-order valence-electron chi connectivity index (χ0n) is 28.8. The monoisotopic (exact) mass is 711 g/mol. The number of anilines is 3. The molecular weight excluding hydrogens is 665 g/mol. The minimum Gasteiger partial charge on any atom is -0.416 e. The van der Waals surface area contributed by atoms with Gasteiger partial charge in [-0.25, -0.2) is 9.37 Å². The minimum atomic E-state index is -1.89. The average molecular weight is 712 g/mol. The molecule has 9 nitrogen and oxygen atoms in total. The third-order valence-corrected chi connectivity index (χ3v) is 16.3. The molecule has 48 heavy (non-hydrogen) atoms. The smallest absolute Gasteiger partial charge is 0.231 e. The first-order chi connectivity index (χ1) is 22.7. The SMILES string of the molecule is CN1CCN(CC23CC(C(=O)Nc4cc(Nc5cc(-c6cc(Cl)ccc6F)nnc5SCCO[Si](C)(C)C(C)(C)C)ccn4)(C2)C3)CC1. The lowest BCUT2D eigenvalue weighted by molar-refractivity contribution is -0.210. The Kier molecular flexibility index (Phi) is 9.98. The molecule has 13 heteroatoms. The van der Waals surface area contributed by atoms with Gasteiger partial charge in [0.25, 0.3) is 0 Å². The molecule has 1 aliphatic heterocycles. The molecule has 258 valence electrons. The van der Waals surface area contributed by atoms with Crippen LogP contribution in [-0.2, 0) is 9.22 Å². The molecule has 3 saturated carbocycles. The molecule has 4 aliphatic rings. The van der Waals surface area contributed by atoms with E-state index in [0.717, 1.165) is 52.0 Å². The van der Waals surface area contributed by atoms with Crippen molar-refractivity contribution in [2.45, 2.75) is 63.2 Å². The van der Waals surface area contributed by atoms with Crippen LogP contribution in [0.4, 0.5) is 21.6 Å². The number of thioether (sulfide) groups is 1. The Morgan fingerprint density at radius 3 is 2.52 bits per heavy atom. The van der Waals surface area contributed by atoms with Crippen molar-refractivity contribution in [3.63, 3.8) is 0 Å². The van der Waals surface area contributed by atoms with E-state index in [-0.39, 0.29) is 21.9 Å². The predicted octanol–water partition coefficient (Wildman–Crippen LogP) is 7.54. The lowest BCUT2D eigenvalue weighted by Gasteiger charge is -2.70. The summed E-state index contributed by atoms with van der Waals surface area (Å²) in [4.78, 5) is 22.8. The molecule has 7 rings (SSSR count). The number of piperazine rings is 1. The van der Waals surface area contributed by atoms with E-state index in [1.165, 1.54) is 23.9 Å². The van der Waals surface area contributed by atoms with E-state index in [2.05, 4.69) is 76.5 Å². The van der Waals surface area contributed by atoms with E-state index in [1.54, 1.807) is 18.3 Å². The van der Waals surface area contributed by atoms with E-state index in [0.29, 0.717) is 50.7 Å². The Morgan fingerprint density at radius 1 is 1.08 bits per heavy atom. The highest BCUT2D eigenvalue weighted by atomic mass is 35.5. The van der Waals surface area contributed by atoms with Gasteiger partial charge in [0, 0.05) is 73.6 Å². The van der Waals surface area contributed by atoms with Crippen LogP contribution < -0.4 is 10.6 Å². The van der Waals surface area contributed by atoms with Crippen molar-refractivity contribution in [1.82, 2.24) is 25.0 Å². The van der Waals surface area contributed by atoms with Crippen LogP contribution >= 0.6 is 23.4 Å². The number of aromatic nitrogens is 3. The normalized spacial score (nSPS) is 22.9. The predicted molar refractivity (Wildman–Crippen MR) is 195 cm³/mol. The molecule has 0 atom stereocenters. The first kappa shape index (κ1) is 35.2. The molecule has 2 N–H and O–H groups in total. The fourth-order valence-corrected chi connectivity index (χ4v) is 9.01. The van der Waals surface area contributed by atoms with Crippen molar-refractivity contribution >= 4 is 54.8 Å². The topological polar surface area (TPSA) is 95.5 Å². The maximum absolute atomic E-state index is 14.8. The van der Waals surface area contributed by atoms with Gasteiger partial charge in [-0.05, 0) is 80.2 Å². The van der Waals surface area contributed by atoms with Crippen molar-refractivity contribution in [3.05, 3.63) is 53.4 Å². The van der Waals surface area contributed by atoms with Gasteiger partial charge in [-0.15, -0.1) is 22.0 Å². The molecular formula is C35H47ClFN7O2SSi. The highest BCUT2D eigenvalue weighted by Gasteiger charge is 2.71. The molecule has 1 aromatic carbocycles. The second-order valence-corrected chi connectivity index (χ2v) is 21.8. The van der Waals surface area contributed by atoms with Crippen LogP contribution in [0.5, 0.6) is 0 Å². The van der Waals surface area contributed by atoms with Crippen LogP contribution in [0.1, 0.15) is 40.0 Å². The Hall–Kier alpha value is -2.61. The summed E-state index contributed by atoms with van der Waals surface area (Å²) in [5.74, 6) is 0.782. The standard InChI is InChI=1S/C35H47ClFN7O2SSi/c1-33(2,3)48(5,6)46-15-16-47-31-29(19-28(41-42-31)26-17-24(36)7-8-27(26)37)39-25-9-10-38-30(18-25)40-32(45)35-20-34(21-35,22-35)23-44-13-11-43(4)12-14-44/h7-10,17-19H,11-16,20-23H2,1-6H3,(H2,38,39,40,41,45). The van der Waals surface area contributed by atoms with Crippen LogP contribution in [0.2, 0.25) is 23.2 Å². The Bertz CT molecular complexity index is 1640. The van der Waals surface area contributed by atoms with E-state index in [9.17, 15) is 9.18 Å². The molecule has 0 radical (unpaired) electrons. The number of hydrogen-bond donors (Lipinski definition) is 2. The molecule has 4 fully saturated rings. The molecule has 3 aromatic rings. The van der Waals surface area contributed by atoms with Crippen molar-refractivity contribution in [2.24, 2.45) is 10.8 Å². The van der Waals surface area contributed by atoms with Crippen LogP contribution in [-0.4, -0.2) is 91.3 Å². The first-order valence-corrected chi connectivity index (χ1v) is 21.0. The Balaban J connectivity index is 1.13. The summed E-state index contributed by atoms with van der Waals surface area (Å²) in [5.41, 5.74) is 2.01. The second kappa shape index (κ2) is 13.6. The molecule has 0 spiro atoms. The fourth-order valence-electron chi connectivity index (χ4n) is 6.92. The van der Waals surface area contributed by atoms with Gasteiger partial charge in [0.15, 0.2) is 8.32 Å². The number of halogens is 2. The van der Waals surface area contributed by atoms with Crippen molar-refractivity contribution in [3.8, 4) is 11.3 Å². The van der Waals surface area contributed by atoms with Gasteiger partial charge in [-0.3, -0.25) is 4.79 Å². The first-order valence-electron chi connectivity index (χ1n) is 16.7. The van der Waals surface area contributed by atoms with Crippen molar-refractivity contribution < 1.29 is 13.6 Å². The van der Waals surface area contributed by atoms with Gasteiger partial charge in [0.05, 0.1) is 16.8 Å². The number of nitrogens with one attached hydrogen (secondary N) is 2. The number of amides is 1. The van der Waals surface area contributed by atoms with Crippen LogP contribution in [0.3, 0.4) is 0 Å². The maximum Gasteiger partial charge on any atom is 0.231 e. The van der Waals surface area contributed by atoms with Gasteiger partial charge in [-0.2, -0.15) is 0 Å². The zero-order chi connectivity index (χ0) is 34.3. The molecule has 3 heterocycles. The van der Waals surface area contributed by atoms with Crippen LogP contribution in [0, 0.1) is 16.6 Å². The van der Waals surface area contributed by atoms with E-state index >= 15 is 0 Å². The number of nitrogens with zero attached hydrogens (tertiary/aromatic N) is 5. The fraction of sp³-hybridized carbons (Fsp3) is 0.543. The maximum atomic E-state index is 14.8. The van der Waals surface area contributed by atoms with E-state index in [1.807, 2.05) is 12.1 Å². The van der Waals surface area contributed by atoms with Gasteiger partial charge < -0.3 is 24.9 Å². The van der Waals surface area contributed by atoms with Crippen molar-refractivity contribution in [1.29, 1.82) is 0 Å². The average Bonchev–Trinajstić information content (AvgIpc) is 2.98. The molecule has 2 bridgehead atoms. The lowest BCUT2D eigenvalue weighted by Crippen LogP contribution is -2.70. The second-order valence-electron chi connectivity index (χ2n) is 15.4. The van der Waals surface area contributed by atoms with Crippen LogP contribution in [0.15, 0.2) is 47.6 Å². The minimum absolute atomic E-state index is 0.0506. The summed E-state index contributed by atoms with van der Waals surface area (Å²) in [6.45, 7) is 17.2. The van der Waals surface area contributed by atoms with Gasteiger partial charge >= 0.3 is 0 Å². The summed E-state index contributed by atoms with van der Waals surface area (Å²) in [6.07, 6.45) is 4.50. The number of rotatable bonds is 12. The highest BCUT2D eigenvalue weighted by molar-refractivity contribution is 7.99. The molecule has 2 aromatic heterocycles.